The number of hydrogen-bond donors (Lipinski definition) is 3. The summed E-state index contributed by atoms with van der Waals surface area (Å²) in [6, 6.07) is 3.68. The fraction of sp³-hybridized carbons (Fsp3) is 0.273. The van der Waals surface area contributed by atoms with Gasteiger partial charge in [0.05, 0.1) is 17.0 Å². The number of anilines is 1. The SMILES string of the molecule is CCNC(=O)CNc1c(C(=O)O)cccc1[N+](=O)[O-]. The van der Waals surface area contributed by atoms with E-state index in [1.165, 1.54) is 18.2 Å². The molecule has 0 saturated heterocycles. The lowest BCUT2D eigenvalue weighted by atomic mass is 10.1. The second kappa shape index (κ2) is 6.34. The molecule has 8 nitrogen and oxygen atoms in total. The molecule has 0 atom stereocenters. The molecule has 0 bridgehead atoms. The second-order valence-corrected chi connectivity index (χ2v) is 3.57. The topological polar surface area (TPSA) is 122 Å². The highest BCUT2D eigenvalue weighted by molar-refractivity contribution is 5.97. The number of nitro groups is 1. The monoisotopic (exact) mass is 267 g/mol. The first kappa shape index (κ1) is 14.4. The molecular weight excluding hydrogens is 254 g/mol. The zero-order chi connectivity index (χ0) is 14.4. The van der Waals surface area contributed by atoms with Crippen molar-refractivity contribution in [3.05, 3.63) is 33.9 Å². The number of benzene rings is 1. The zero-order valence-corrected chi connectivity index (χ0v) is 10.2. The Morgan fingerprint density at radius 3 is 2.63 bits per heavy atom. The number of carboxylic acids is 1. The number of carboxylic acid groups (broad SMARTS) is 1. The van der Waals surface area contributed by atoms with Crippen molar-refractivity contribution in [3.8, 4) is 0 Å². The Labute approximate surface area is 108 Å². The number of amides is 1. The number of rotatable bonds is 6. The number of aromatic carboxylic acids is 1. The first-order valence-electron chi connectivity index (χ1n) is 5.48. The smallest absolute Gasteiger partial charge is 0.338 e. The van der Waals surface area contributed by atoms with Crippen LogP contribution in [-0.4, -0.2) is 35.0 Å². The number of nitrogens with zero attached hydrogens (tertiary/aromatic N) is 1. The van der Waals surface area contributed by atoms with Crippen LogP contribution in [0.1, 0.15) is 17.3 Å². The largest absolute Gasteiger partial charge is 0.478 e. The average Bonchev–Trinajstić information content (AvgIpc) is 2.35. The maximum absolute atomic E-state index is 11.3. The van der Waals surface area contributed by atoms with Crippen molar-refractivity contribution in [2.24, 2.45) is 0 Å². The molecule has 0 saturated carbocycles. The minimum atomic E-state index is -1.30. The summed E-state index contributed by atoms with van der Waals surface area (Å²) < 4.78 is 0. The minimum absolute atomic E-state index is 0.175. The minimum Gasteiger partial charge on any atom is -0.478 e. The molecule has 1 rings (SSSR count). The predicted octanol–water partition coefficient (Wildman–Crippen LogP) is 0.841. The molecule has 0 unspecified atom stereocenters. The van der Waals surface area contributed by atoms with E-state index in [4.69, 9.17) is 5.11 Å². The van der Waals surface area contributed by atoms with E-state index >= 15 is 0 Å². The highest BCUT2D eigenvalue weighted by Crippen LogP contribution is 2.28. The number of carbonyl (C=O) groups excluding carboxylic acids is 1. The molecule has 102 valence electrons. The van der Waals surface area contributed by atoms with Crippen LogP contribution in [0.3, 0.4) is 0 Å². The van der Waals surface area contributed by atoms with Crippen LogP contribution in [0.4, 0.5) is 11.4 Å². The van der Waals surface area contributed by atoms with E-state index in [0.29, 0.717) is 6.54 Å². The van der Waals surface area contributed by atoms with Gasteiger partial charge in [0.1, 0.15) is 5.69 Å². The van der Waals surface area contributed by atoms with E-state index < -0.39 is 10.9 Å². The molecule has 0 heterocycles. The second-order valence-electron chi connectivity index (χ2n) is 3.57. The van der Waals surface area contributed by atoms with Gasteiger partial charge in [0, 0.05) is 12.6 Å². The van der Waals surface area contributed by atoms with Gasteiger partial charge >= 0.3 is 5.97 Å². The number of carbonyl (C=O) groups is 2. The van der Waals surface area contributed by atoms with E-state index in [2.05, 4.69) is 10.6 Å². The van der Waals surface area contributed by atoms with Crippen LogP contribution in [0.5, 0.6) is 0 Å². The number of hydrogen-bond acceptors (Lipinski definition) is 5. The third-order valence-electron chi connectivity index (χ3n) is 2.27. The molecule has 0 aliphatic carbocycles. The molecule has 0 aromatic heterocycles. The number of nitro benzene ring substituents is 1. The van der Waals surface area contributed by atoms with E-state index in [1.807, 2.05) is 0 Å². The molecule has 0 spiro atoms. The van der Waals surface area contributed by atoms with Crippen LogP contribution < -0.4 is 10.6 Å². The normalized spacial score (nSPS) is 9.74. The Bertz CT molecular complexity index is 483. The van der Waals surface area contributed by atoms with Gasteiger partial charge in [-0.15, -0.1) is 0 Å². The van der Waals surface area contributed by atoms with Crippen molar-refractivity contribution < 1.29 is 19.6 Å². The Balaban J connectivity index is 3.04. The fourth-order valence-electron chi connectivity index (χ4n) is 1.48. The molecule has 1 aromatic rings. The van der Waals surface area contributed by atoms with Crippen LogP contribution in [0.2, 0.25) is 0 Å². The number of likely N-dealkylation sites (N-methyl/N-ethyl adjacent to an activating group) is 1. The Morgan fingerprint density at radius 2 is 2.11 bits per heavy atom. The quantitative estimate of drug-likeness (QED) is 0.518. The summed E-state index contributed by atoms with van der Waals surface area (Å²) in [6.45, 7) is 1.91. The predicted molar refractivity (Wildman–Crippen MR) is 67.2 cm³/mol. The molecule has 0 radical (unpaired) electrons. The van der Waals surface area contributed by atoms with Crippen LogP contribution in [0.15, 0.2) is 18.2 Å². The van der Waals surface area contributed by atoms with E-state index in [0.717, 1.165) is 0 Å². The molecular formula is C11H13N3O5. The highest BCUT2D eigenvalue weighted by Gasteiger charge is 2.21. The first-order valence-corrected chi connectivity index (χ1v) is 5.48. The van der Waals surface area contributed by atoms with Crippen molar-refractivity contribution in [1.29, 1.82) is 0 Å². The van der Waals surface area contributed by atoms with Crippen molar-refractivity contribution in [3.63, 3.8) is 0 Å². The van der Waals surface area contributed by atoms with Crippen molar-refractivity contribution in [2.75, 3.05) is 18.4 Å². The number of para-hydroxylation sites is 1. The standard InChI is InChI=1S/C11H13N3O5/c1-2-12-9(15)6-13-10-7(11(16)17)4-3-5-8(10)14(18)19/h3-5,13H,2,6H2,1H3,(H,12,15)(H,16,17). The van der Waals surface area contributed by atoms with E-state index in [9.17, 15) is 19.7 Å². The van der Waals surface area contributed by atoms with Crippen molar-refractivity contribution in [2.45, 2.75) is 6.92 Å². The van der Waals surface area contributed by atoms with E-state index in [-0.39, 0.29) is 29.4 Å². The summed E-state index contributed by atoms with van der Waals surface area (Å²) in [6.07, 6.45) is 0. The molecule has 3 N–H and O–H groups in total. The van der Waals surface area contributed by atoms with Gasteiger partial charge in [-0.2, -0.15) is 0 Å². The van der Waals surface area contributed by atoms with Crippen LogP contribution >= 0.6 is 0 Å². The van der Waals surface area contributed by atoms with Gasteiger partial charge in [-0.05, 0) is 13.0 Å². The molecule has 0 aliphatic rings. The van der Waals surface area contributed by atoms with Gasteiger partial charge in [0.2, 0.25) is 5.91 Å². The first-order chi connectivity index (χ1) is 8.97. The summed E-state index contributed by atoms with van der Waals surface area (Å²) in [5.74, 6) is -1.68. The van der Waals surface area contributed by atoms with Crippen LogP contribution in [-0.2, 0) is 4.79 Å². The summed E-state index contributed by atoms with van der Waals surface area (Å²) in [4.78, 5) is 32.4. The van der Waals surface area contributed by atoms with Gasteiger partial charge in [-0.25, -0.2) is 4.79 Å². The maximum atomic E-state index is 11.3. The molecule has 0 aliphatic heterocycles. The van der Waals surface area contributed by atoms with Crippen molar-refractivity contribution in [1.82, 2.24) is 5.32 Å². The molecule has 1 amide bonds. The summed E-state index contributed by atoms with van der Waals surface area (Å²) in [7, 11) is 0. The lowest BCUT2D eigenvalue weighted by Crippen LogP contribution is -2.30. The van der Waals surface area contributed by atoms with Gasteiger partial charge in [0.25, 0.3) is 5.69 Å². The average molecular weight is 267 g/mol. The summed E-state index contributed by atoms with van der Waals surface area (Å²) >= 11 is 0. The lowest BCUT2D eigenvalue weighted by molar-refractivity contribution is -0.384. The molecule has 1 aromatic carbocycles. The lowest BCUT2D eigenvalue weighted by Gasteiger charge is -2.09. The van der Waals surface area contributed by atoms with Crippen LogP contribution in [0, 0.1) is 10.1 Å². The van der Waals surface area contributed by atoms with Gasteiger partial charge in [-0.3, -0.25) is 14.9 Å². The summed E-state index contributed by atoms with van der Waals surface area (Å²) in [5, 5.41) is 24.8. The van der Waals surface area contributed by atoms with Crippen LogP contribution in [0.25, 0.3) is 0 Å². The summed E-state index contributed by atoms with van der Waals surface area (Å²) in [5.41, 5.74) is -0.811. The van der Waals surface area contributed by atoms with Gasteiger partial charge in [-0.1, -0.05) is 6.07 Å². The molecule has 19 heavy (non-hydrogen) atoms. The fourth-order valence-corrected chi connectivity index (χ4v) is 1.48. The Hall–Kier alpha value is -2.64. The Kier molecular flexibility index (Phi) is 4.81. The third kappa shape index (κ3) is 3.66. The third-order valence-corrected chi connectivity index (χ3v) is 2.27. The van der Waals surface area contributed by atoms with Gasteiger partial charge in [0.15, 0.2) is 0 Å². The maximum Gasteiger partial charge on any atom is 0.338 e. The van der Waals surface area contributed by atoms with Gasteiger partial charge < -0.3 is 15.7 Å². The zero-order valence-electron chi connectivity index (χ0n) is 10.2. The molecule has 0 fully saturated rings. The highest BCUT2D eigenvalue weighted by atomic mass is 16.6. The molecule has 8 heteroatoms. The van der Waals surface area contributed by atoms with Crippen molar-refractivity contribution >= 4 is 23.3 Å². The number of nitrogens with one attached hydrogen (secondary N) is 2. The Morgan fingerprint density at radius 1 is 1.42 bits per heavy atom. The van der Waals surface area contributed by atoms with E-state index in [1.54, 1.807) is 6.92 Å².